The Balaban J connectivity index is 1.61. The van der Waals surface area contributed by atoms with Crippen molar-refractivity contribution in [3.63, 3.8) is 0 Å². The van der Waals surface area contributed by atoms with Crippen molar-refractivity contribution in [3.8, 4) is 22.5 Å². The summed E-state index contributed by atoms with van der Waals surface area (Å²) in [6.45, 7) is 5.05. The maximum absolute atomic E-state index is 11.6. The van der Waals surface area contributed by atoms with Crippen molar-refractivity contribution >= 4 is 5.97 Å². The summed E-state index contributed by atoms with van der Waals surface area (Å²) in [7, 11) is 0. The molecule has 1 aromatic heterocycles. The monoisotopic (exact) mass is 425 g/mol. The average molecular weight is 426 g/mol. The lowest BCUT2D eigenvalue weighted by Gasteiger charge is -2.09. The molecule has 3 aromatic carbocycles. The predicted octanol–water partition coefficient (Wildman–Crippen LogP) is 5.95. The van der Waals surface area contributed by atoms with E-state index < -0.39 is 5.97 Å². The van der Waals surface area contributed by atoms with E-state index in [1.807, 2.05) is 71.4 Å². The number of rotatable bonds is 8. The molecule has 0 radical (unpaired) electrons. The lowest BCUT2D eigenvalue weighted by Crippen LogP contribution is -2.08. The molecule has 0 aliphatic rings. The Bertz CT molecular complexity index is 1200. The summed E-state index contributed by atoms with van der Waals surface area (Å²) in [4.78, 5) is 16.4. The zero-order valence-corrected chi connectivity index (χ0v) is 18.4. The highest BCUT2D eigenvalue weighted by molar-refractivity contribution is 5.95. The van der Waals surface area contributed by atoms with Gasteiger partial charge in [0.15, 0.2) is 5.82 Å². The van der Waals surface area contributed by atoms with E-state index >= 15 is 0 Å². The highest BCUT2D eigenvalue weighted by Crippen LogP contribution is 2.25. The molecule has 5 heteroatoms. The van der Waals surface area contributed by atoms with Gasteiger partial charge in [0.25, 0.3) is 0 Å². The molecule has 0 aliphatic carbocycles. The molecule has 0 atom stereocenters. The van der Waals surface area contributed by atoms with Crippen molar-refractivity contribution in [2.45, 2.75) is 33.2 Å². The fourth-order valence-corrected chi connectivity index (χ4v) is 3.70. The lowest BCUT2D eigenvalue weighted by atomic mass is 9.99. The maximum Gasteiger partial charge on any atom is 0.336 e. The summed E-state index contributed by atoms with van der Waals surface area (Å²) in [5.74, 6) is 1.40. The topological polar surface area (TPSA) is 68.0 Å². The smallest absolute Gasteiger partial charge is 0.336 e. The number of aryl methyl sites for hydroxylation is 1. The number of hydrogen-bond donors (Lipinski definition) is 1. The molecule has 0 aliphatic heterocycles. The van der Waals surface area contributed by atoms with Crippen LogP contribution in [0, 0.1) is 5.92 Å². The number of aromatic carboxylic acids is 1. The first-order valence-electron chi connectivity index (χ1n) is 10.9. The predicted molar refractivity (Wildman–Crippen MR) is 127 cm³/mol. The molecule has 1 N–H and O–H groups in total. The molecule has 0 saturated heterocycles. The SMILES string of the molecule is CC(C)CCc1nc(-c2ccccc2)nn1Cc1ccc(-c2ccccc2C(=O)O)cc1. The summed E-state index contributed by atoms with van der Waals surface area (Å²) in [6, 6.07) is 25.1. The number of carbonyl (C=O) groups is 1. The normalized spacial score (nSPS) is 11.1. The second kappa shape index (κ2) is 9.60. The molecule has 1 heterocycles. The molecule has 5 nitrogen and oxygen atoms in total. The van der Waals surface area contributed by atoms with Crippen LogP contribution < -0.4 is 0 Å². The van der Waals surface area contributed by atoms with Crippen LogP contribution in [0.3, 0.4) is 0 Å². The van der Waals surface area contributed by atoms with Crippen molar-refractivity contribution in [2.75, 3.05) is 0 Å². The van der Waals surface area contributed by atoms with Crippen molar-refractivity contribution in [3.05, 3.63) is 95.8 Å². The number of hydrogen-bond acceptors (Lipinski definition) is 3. The van der Waals surface area contributed by atoms with Crippen molar-refractivity contribution in [1.29, 1.82) is 0 Å². The first kappa shape index (κ1) is 21.5. The molecule has 162 valence electrons. The third kappa shape index (κ3) is 4.94. The molecule has 32 heavy (non-hydrogen) atoms. The van der Waals surface area contributed by atoms with Gasteiger partial charge in [0, 0.05) is 12.0 Å². The van der Waals surface area contributed by atoms with E-state index in [2.05, 4.69) is 13.8 Å². The van der Waals surface area contributed by atoms with Gasteiger partial charge in [0.05, 0.1) is 12.1 Å². The average Bonchev–Trinajstić information content (AvgIpc) is 3.21. The number of benzene rings is 3. The van der Waals surface area contributed by atoms with Gasteiger partial charge in [0.2, 0.25) is 0 Å². The fraction of sp³-hybridized carbons (Fsp3) is 0.222. The van der Waals surface area contributed by atoms with E-state index in [4.69, 9.17) is 10.1 Å². The minimum absolute atomic E-state index is 0.306. The minimum atomic E-state index is -0.921. The molecule has 0 saturated carbocycles. The van der Waals surface area contributed by atoms with Gasteiger partial charge in [-0.3, -0.25) is 0 Å². The molecule has 4 rings (SSSR count). The Kier molecular flexibility index (Phi) is 6.45. The lowest BCUT2D eigenvalue weighted by molar-refractivity contribution is 0.0697. The largest absolute Gasteiger partial charge is 0.478 e. The van der Waals surface area contributed by atoms with Gasteiger partial charge in [-0.25, -0.2) is 14.5 Å². The Hall–Kier alpha value is -3.73. The van der Waals surface area contributed by atoms with Crippen LogP contribution >= 0.6 is 0 Å². The Morgan fingerprint density at radius 2 is 1.59 bits per heavy atom. The van der Waals surface area contributed by atoms with Gasteiger partial charge in [-0.15, -0.1) is 0 Å². The number of carboxylic acids is 1. The van der Waals surface area contributed by atoms with E-state index in [9.17, 15) is 9.90 Å². The molecular formula is C27H27N3O2. The minimum Gasteiger partial charge on any atom is -0.478 e. The van der Waals surface area contributed by atoms with Crippen LogP contribution in [0.4, 0.5) is 0 Å². The van der Waals surface area contributed by atoms with Gasteiger partial charge in [0.1, 0.15) is 5.82 Å². The number of carboxylic acid groups (broad SMARTS) is 1. The van der Waals surface area contributed by atoms with E-state index in [0.717, 1.165) is 46.7 Å². The fourth-order valence-electron chi connectivity index (χ4n) is 3.70. The van der Waals surface area contributed by atoms with Crippen LogP contribution in [-0.2, 0) is 13.0 Å². The highest BCUT2D eigenvalue weighted by Gasteiger charge is 2.14. The first-order chi connectivity index (χ1) is 15.5. The Labute approximate surface area is 188 Å². The van der Waals surface area contributed by atoms with Crippen molar-refractivity contribution < 1.29 is 9.90 Å². The van der Waals surface area contributed by atoms with Crippen LogP contribution in [0.5, 0.6) is 0 Å². The Morgan fingerprint density at radius 1 is 0.906 bits per heavy atom. The number of aromatic nitrogens is 3. The highest BCUT2D eigenvalue weighted by atomic mass is 16.4. The third-order valence-corrected chi connectivity index (χ3v) is 5.48. The number of nitrogens with zero attached hydrogens (tertiary/aromatic N) is 3. The molecular weight excluding hydrogens is 398 g/mol. The maximum atomic E-state index is 11.6. The second-order valence-electron chi connectivity index (χ2n) is 8.36. The van der Waals surface area contributed by atoms with Crippen LogP contribution in [0.15, 0.2) is 78.9 Å². The van der Waals surface area contributed by atoms with Gasteiger partial charge in [-0.2, -0.15) is 5.10 Å². The third-order valence-electron chi connectivity index (χ3n) is 5.48. The molecule has 4 aromatic rings. The van der Waals surface area contributed by atoms with E-state index in [1.165, 1.54) is 0 Å². The summed E-state index contributed by atoms with van der Waals surface area (Å²) in [5, 5.41) is 14.3. The summed E-state index contributed by atoms with van der Waals surface area (Å²) < 4.78 is 1.99. The summed E-state index contributed by atoms with van der Waals surface area (Å²) >= 11 is 0. The second-order valence-corrected chi connectivity index (χ2v) is 8.36. The molecule has 0 amide bonds. The van der Waals surface area contributed by atoms with Crippen LogP contribution in [0.25, 0.3) is 22.5 Å². The molecule has 0 bridgehead atoms. The van der Waals surface area contributed by atoms with Gasteiger partial charge in [-0.05, 0) is 35.1 Å². The zero-order chi connectivity index (χ0) is 22.5. The van der Waals surface area contributed by atoms with Crippen LogP contribution in [-0.4, -0.2) is 25.8 Å². The summed E-state index contributed by atoms with van der Waals surface area (Å²) in [6.07, 6.45) is 1.93. The van der Waals surface area contributed by atoms with E-state index in [-0.39, 0.29) is 0 Å². The van der Waals surface area contributed by atoms with Crippen molar-refractivity contribution in [1.82, 2.24) is 14.8 Å². The molecule has 0 spiro atoms. The molecule has 0 unspecified atom stereocenters. The van der Waals surface area contributed by atoms with Crippen LogP contribution in [0.1, 0.15) is 42.0 Å². The quantitative estimate of drug-likeness (QED) is 0.379. The van der Waals surface area contributed by atoms with Crippen molar-refractivity contribution in [2.24, 2.45) is 5.92 Å². The van der Waals surface area contributed by atoms with Gasteiger partial charge in [-0.1, -0.05) is 86.6 Å². The van der Waals surface area contributed by atoms with Crippen LogP contribution in [0.2, 0.25) is 0 Å². The van der Waals surface area contributed by atoms with E-state index in [0.29, 0.717) is 18.0 Å². The first-order valence-corrected chi connectivity index (χ1v) is 10.9. The standard InChI is InChI=1S/C27H27N3O2/c1-19(2)12-17-25-28-26(22-8-4-3-5-9-22)29-30(25)18-20-13-15-21(16-14-20)23-10-6-7-11-24(23)27(31)32/h3-11,13-16,19H,12,17-18H2,1-2H3,(H,31,32). The zero-order valence-electron chi connectivity index (χ0n) is 18.4. The van der Waals surface area contributed by atoms with Gasteiger partial charge >= 0.3 is 5.97 Å². The van der Waals surface area contributed by atoms with Gasteiger partial charge < -0.3 is 5.11 Å². The summed E-state index contributed by atoms with van der Waals surface area (Å²) in [5.41, 5.74) is 4.01. The van der Waals surface area contributed by atoms with E-state index in [1.54, 1.807) is 12.1 Å². The Morgan fingerprint density at radius 3 is 2.28 bits per heavy atom. The molecule has 0 fully saturated rings.